The van der Waals surface area contributed by atoms with E-state index in [2.05, 4.69) is 21.4 Å². The fourth-order valence-corrected chi connectivity index (χ4v) is 1.47. The molecule has 78 valence electrons. The number of aliphatic imine (C=N–C) groups is 1. The smallest absolute Gasteiger partial charge is 0.200 e. The number of amidine groups is 1. The predicted octanol–water partition coefficient (Wildman–Crippen LogP) is 2.03. The molecule has 1 aliphatic heterocycles. The van der Waals surface area contributed by atoms with Crippen molar-refractivity contribution in [1.82, 2.24) is 10.3 Å². The fourth-order valence-electron chi connectivity index (χ4n) is 1.31. The van der Waals surface area contributed by atoms with Crippen molar-refractivity contribution in [3.05, 3.63) is 48.1 Å². The van der Waals surface area contributed by atoms with Crippen LogP contribution in [0.15, 0.2) is 47.5 Å². The maximum absolute atomic E-state index is 9.13. The Labute approximate surface area is 97.6 Å². The molecule has 0 spiro atoms. The molecule has 1 aromatic rings. The van der Waals surface area contributed by atoms with Gasteiger partial charge in [-0.3, -0.25) is 4.98 Å². The molecule has 0 aromatic carbocycles. The zero-order valence-electron chi connectivity index (χ0n) is 8.18. The van der Waals surface area contributed by atoms with E-state index in [1.54, 1.807) is 36.8 Å². The van der Waals surface area contributed by atoms with Crippen molar-refractivity contribution in [1.29, 1.82) is 5.26 Å². The lowest BCUT2D eigenvalue weighted by molar-refractivity contribution is 1.16. The zero-order valence-corrected chi connectivity index (χ0v) is 8.94. The molecule has 1 aliphatic rings. The SMILES string of the molecule is N#C/C(=C1/C=CN=C(Cl)N1)c1ccncc1. The van der Waals surface area contributed by atoms with Gasteiger partial charge >= 0.3 is 0 Å². The van der Waals surface area contributed by atoms with Gasteiger partial charge in [0.1, 0.15) is 6.07 Å². The summed E-state index contributed by atoms with van der Waals surface area (Å²) in [6.45, 7) is 0. The molecule has 0 saturated heterocycles. The fraction of sp³-hybridized carbons (Fsp3) is 0. The van der Waals surface area contributed by atoms with E-state index in [0.717, 1.165) is 5.56 Å². The van der Waals surface area contributed by atoms with Crippen LogP contribution in [0.25, 0.3) is 5.57 Å². The molecule has 5 heteroatoms. The maximum atomic E-state index is 9.13. The molecule has 0 saturated carbocycles. The molecule has 0 unspecified atom stereocenters. The third-order valence-corrected chi connectivity index (χ3v) is 2.21. The number of nitrogens with zero attached hydrogens (tertiary/aromatic N) is 3. The summed E-state index contributed by atoms with van der Waals surface area (Å²) in [7, 11) is 0. The number of allylic oxidation sites excluding steroid dienone is 2. The second kappa shape index (κ2) is 4.60. The van der Waals surface area contributed by atoms with Gasteiger partial charge in [0.05, 0.1) is 11.3 Å². The first-order valence-corrected chi connectivity index (χ1v) is 4.90. The number of hydrogen-bond donors (Lipinski definition) is 1. The Hall–Kier alpha value is -2.12. The third kappa shape index (κ3) is 2.10. The highest BCUT2D eigenvalue weighted by Gasteiger charge is 2.10. The average molecular weight is 231 g/mol. The first kappa shape index (κ1) is 10.4. The Kier molecular flexibility index (Phi) is 2.99. The van der Waals surface area contributed by atoms with E-state index in [-0.39, 0.29) is 5.29 Å². The van der Waals surface area contributed by atoms with E-state index in [4.69, 9.17) is 16.9 Å². The molecule has 2 rings (SSSR count). The Balaban J connectivity index is 2.46. The van der Waals surface area contributed by atoms with E-state index in [1.165, 1.54) is 0 Å². The first-order valence-electron chi connectivity index (χ1n) is 4.53. The van der Waals surface area contributed by atoms with Crippen LogP contribution >= 0.6 is 11.6 Å². The molecule has 4 nitrogen and oxygen atoms in total. The van der Waals surface area contributed by atoms with Crippen LogP contribution in [-0.4, -0.2) is 10.3 Å². The van der Waals surface area contributed by atoms with Crippen molar-refractivity contribution in [2.24, 2.45) is 4.99 Å². The van der Waals surface area contributed by atoms with Gasteiger partial charge in [0.15, 0.2) is 5.29 Å². The highest BCUT2D eigenvalue weighted by molar-refractivity contribution is 6.65. The second-order valence-electron chi connectivity index (χ2n) is 3.00. The second-order valence-corrected chi connectivity index (χ2v) is 3.36. The highest BCUT2D eigenvalue weighted by Crippen LogP contribution is 2.18. The normalized spacial score (nSPS) is 17.1. The molecular weight excluding hydrogens is 224 g/mol. The van der Waals surface area contributed by atoms with Gasteiger partial charge in [0.25, 0.3) is 0 Å². The van der Waals surface area contributed by atoms with Crippen molar-refractivity contribution in [2.75, 3.05) is 0 Å². The first-order chi connectivity index (χ1) is 7.81. The molecule has 1 aromatic heterocycles. The minimum absolute atomic E-state index is 0.249. The minimum Gasteiger partial charge on any atom is -0.329 e. The molecule has 0 fully saturated rings. The molecule has 0 radical (unpaired) electrons. The topological polar surface area (TPSA) is 61.1 Å². The number of nitrogens with one attached hydrogen (secondary N) is 1. The number of pyridine rings is 1. The molecular formula is C11H7ClN4. The van der Waals surface area contributed by atoms with Crippen LogP contribution in [0.3, 0.4) is 0 Å². The van der Waals surface area contributed by atoms with Gasteiger partial charge in [-0.05, 0) is 35.4 Å². The van der Waals surface area contributed by atoms with E-state index in [9.17, 15) is 0 Å². The molecule has 0 atom stereocenters. The number of aromatic nitrogens is 1. The Morgan fingerprint density at radius 2 is 2.12 bits per heavy atom. The average Bonchev–Trinajstić information content (AvgIpc) is 2.31. The van der Waals surface area contributed by atoms with Gasteiger partial charge in [-0.1, -0.05) is 0 Å². The van der Waals surface area contributed by atoms with E-state index >= 15 is 0 Å². The Bertz CT molecular complexity index is 523. The summed E-state index contributed by atoms with van der Waals surface area (Å²) in [5, 5.41) is 12.2. The van der Waals surface area contributed by atoms with Gasteiger partial charge in [-0.15, -0.1) is 0 Å². The zero-order chi connectivity index (χ0) is 11.4. The molecule has 16 heavy (non-hydrogen) atoms. The quantitative estimate of drug-likeness (QED) is 0.593. The molecule has 1 N–H and O–H groups in total. The van der Waals surface area contributed by atoms with Crippen LogP contribution in [0.2, 0.25) is 0 Å². The lowest BCUT2D eigenvalue weighted by Crippen LogP contribution is -2.19. The van der Waals surface area contributed by atoms with Crippen molar-refractivity contribution >= 4 is 22.5 Å². The van der Waals surface area contributed by atoms with Crippen molar-refractivity contribution in [3.8, 4) is 6.07 Å². The maximum Gasteiger partial charge on any atom is 0.200 e. The van der Waals surface area contributed by atoms with Crippen molar-refractivity contribution < 1.29 is 0 Å². The van der Waals surface area contributed by atoms with Crippen LogP contribution in [0.1, 0.15) is 5.56 Å². The number of rotatable bonds is 1. The standard InChI is InChI=1S/C11H7ClN4/c12-11-15-6-3-10(16-11)9(7-13)8-1-4-14-5-2-8/h1-6H,(H,15,16)/b10-9+. The lowest BCUT2D eigenvalue weighted by atomic mass is 10.1. The van der Waals surface area contributed by atoms with Gasteiger partial charge < -0.3 is 5.32 Å². The van der Waals surface area contributed by atoms with Gasteiger partial charge in [-0.25, -0.2) is 4.99 Å². The summed E-state index contributed by atoms with van der Waals surface area (Å²) in [5.74, 6) is 0. The molecule has 2 heterocycles. The summed E-state index contributed by atoms with van der Waals surface area (Å²) in [4.78, 5) is 7.73. The summed E-state index contributed by atoms with van der Waals surface area (Å²) >= 11 is 5.73. The summed E-state index contributed by atoms with van der Waals surface area (Å²) in [6, 6.07) is 5.66. The van der Waals surface area contributed by atoms with Crippen LogP contribution in [0.5, 0.6) is 0 Å². The number of nitriles is 1. The highest BCUT2D eigenvalue weighted by atomic mass is 35.5. The van der Waals surface area contributed by atoms with Gasteiger partial charge in [0, 0.05) is 18.6 Å². The minimum atomic E-state index is 0.249. The third-order valence-electron chi connectivity index (χ3n) is 2.02. The van der Waals surface area contributed by atoms with E-state index in [1.807, 2.05) is 0 Å². The summed E-state index contributed by atoms with van der Waals surface area (Å²) in [5.41, 5.74) is 1.93. The summed E-state index contributed by atoms with van der Waals surface area (Å²) < 4.78 is 0. The summed E-state index contributed by atoms with van der Waals surface area (Å²) in [6.07, 6.45) is 6.52. The molecule has 0 bridgehead atoms. The van der Waals surface area contributed by atoms with Crippen molar-refractivity contribution in [2.45, 2.75) is 0 Å². The van der Waals surface area contributed by atoms with Crippen molar-refractivity contribution in [3.63, 3.8) is 0 Å². The molecule has 0 amide bonds. The van der Waals surface area contributed by atoms with Gasteiger partial charge in [0.2, 0.25) is 0 Å². The van der Waals surface area contributed by atoms with Crippen LogP contribution in [0, 0.1) is 11.3 Å². The predicted molar refractivity (Wildman–Crippen MR) is 62.3 cm³/mol. The van der Waals surface area contributed by atoms with Crippen LogP contribution < -0.4 is 5.32 Å². The molecule has 0 aliphatic carbocycles. The lowest BCUT2D eigenvalue weighted by Gasteiger charge is -2.10. The van der Waals surface area contributed by atoms with Crippen LogP contribution in [-0.2, 0) is 0 Å². The number of halogens is 1. The van der Waals surface area contributed by atoms with Gasteiger partial charge in [-0.2, -0.15) is 5.26 Å². The number of hydrogen-bond acceptors (Lipinski definition) is 4. The van der Waals surface area contributed by atoms with E-state index < -0.39 is 0 Å². The monoisotopic (exact) mass is 230 g/mol. The Morgan fingerprint density at radius 3 is 2.75 bits per heavy atom. The van der Waals surface area contributed by atoms with Crippen LogP contribution in [0.4, 0.5) is 0 Å². The largest absolute Gasteiger partial charge is 0.329 e. The van der Waals surface area contributed by atoms with E-state index in [0.29, 0.717) is 11.3 Å². The Morgan fingerprint density at radius 1 is 1.38 bits per heavy atom.